The first kappa shape index (κ1) is 25.8. The van der Waals surface area contributed by atoms with Crippen molar-refractivity contribution in [1.82, 2.24) is 9.97 Å². The Kier molecular flexibility index (Phi) is 8.71. The van der Waals surface area contributed by atoms with Gasteiger partial charge in [-0.1, -0.05) is 11.6 Å². The van der Waals surface area contributed by atoms with Gasteiger partial charge >= 0.3 is 0 Å². The molecule has 1 unspecified atom stereocenters. The number of methoxy groups -OCH3 is 1. The summed E-state index contributed by atoms with van der Waals surface area (Å²) in [5.41, 5.74) is 4.11. The maximum Gasteiger partial charge on any atom is 0.255 e. The van der Waals surface area contributed by atoms with Crippen LogP contribution in [-0.4, -0.2) is 52.9 Å². The Labute approximate surface area is 217 Å². The highest BCUT2D eigenvalue weighted by Crippen LogP contribution is 2.31. The minimum atomic E-state index is -1.22. The van der Waals surface area contributed by atoms with E-state index in [-0.39, 0.29) is 11.8 Å². The number of benzene rings is 2. The summed E-state index contributed by atoms with van der Waals surface area (Å²) in [6, 6.07) is 18.1. The van der Waals surface area contributed by atoms with E-state index < -0.39 is 11.0 Å². The second kappa shape index (κ2) is 12.1. The molecule has 2 N–H and O–H groups in total. The highest BCUT2D eigenvalue weighted by molar-refractivity contribution is 7.86. The van der Waals surface area contributed by atoms with Crippen molar-refractivity contribution in [1.29, 1.82) is 0 Å². The van der Waals surface area contributed by atoms with E-state index in [1.165, 1.54) is 0 Å². The molecule has 8 nitrogen and oxygen atoms in total. The summed E-state index contributed by atoms with van der Waals surface area (Å²) in [7, 11) is 0.463. The topological polar surface area (TPSA) is 96.5 Å². The zero-order chi connectivity index (χ0) is 25.5. The van der Waals surface area contributed by atoms with Gasteiger partial charge in [0.2, 0.25) is 0 Å². The van der Waals surface area contributed by atoms with Crippen LogP contribution in [0.15, 0.2) is 66.9 Å². The van der Waals surface area contributed by atoms with E-state index in [1.54, 1.807) is 47.8 Å². The molecule has 1 aliphatic rings. The highest BCUT2D eigenvalue weighted by atomic mass is 35.5. The van der Waals surface area contributed by atoms with Crippen molar-refractivity contribution < 1.29 is 18.5 Å². The molecule has 2 aromatic carbocycles. The summed E-state index contributed by atoms with van der Waals surface area (Å²) < 4.78 is 23.6. The fourth-order valence-corrected chi connectivity index (χ4v) is 4.79. The molecule has 0 radical (unpaired) electrons. The minimum absolute atomic E-state index is 0.187. The summed E-state index contributed by atoms with van der Waals surface area (Å²) >= 11 is 6.41. The number of rotatable bonds is 5. The van der Waals surface area contributed by atoms with Crippen LogP contribution in [-0.2, 0) is 20.5 Å². The van der Waals surface area contributed by atoms with Crippen molar-refractivity contribution in [2.75, 3.05) is 42.4 Å². The van der Waals surface area contributed by atoms with Crippen LogP contribution in [0, 0.1) is 0 Å². The molecule has 1 fully saturated rings. The average Bonchev–Trinajstić information content (AvgIpc) is 3.38. The van der Waals surface area contributed by atoms with E-state index in [0.717, 1.165) is 28.9 Å². The Bertz CT molecular complexity index is 1360. The Hall–Kier alpha value is -3.24. The van der Waals surface area contributed by atoms with Gasteiger partial charge in [0.05, 0.1) is 23.9 Å². The average molecular weight is 527 g/mol. The quantitative estimate of drug-likeness (QED) is 0.370. The molecular formula is C26H27ClN4O4S. The van der Waals surface area contributed by atoms with Crippen LogP contribution >= 0.6 is 11.6 Å². The lowest BCUT2D eigenvalue weighted by Gasteiger charge is -2.27. The summed E-state index contributed by atoms with van der Waals surface area (Å²) in [4.78, 5) is 20.5. The predicted molar refractivity (Wildman–Crippen MR) is 145 cm³/mol. The Morgan fingerprint density at radius 3 is 2.69 bits per heavy atom. The molecule has 2 aromatic heterocycles. The number of fused-ring (bicyclic) bond motifs is 1. The maximum absolute atomic E-state index is 12.8. The summed E-state index contributed by atoms with van der Waals surface area (Å²) in [6.45, 7) is 3.85. The molecule has 1 atom stereocenters. The van der Waals surface area contributed by atoms with Gasteiger partial charge in [-0.2, -0.15) is 0 Å². The number of aromatic amines is 1. The van der Waals surface area contributed by atoms with Crippen LogP contribution < -0.4 is 9.62 Å². The van der Waals surface area contributed by atoms with E-state index in [0.29, 0.717) is 35.1 Å². The van der Waals surface area contributed by atoms with E-state index in [2.05, 4.69) is 20.0 Å². The number of hydrogen-bond donors (Lipinski definition) is 2. The van der Waals surface area contributed by atoms with Crippen molar-refractivity contribution in [3.63, 3.8) is 0 Å². The molecule has 1 amide bonds. The number of nitrogens with zero attached hydrogens (tertiary/aromatic N) is 2. The molecule has 188 valence electrons. The third-order valence-corrected chi connectivity index (χ3v) is 7.07. The standard InChI is InChI=1S/C23H19ClN4O3S.C3H8O/c24-20-7-4-17(13-19(20)21-8-3-15-9-10-25-22(15)27-21)26-23(29)16-1-5-18(6-2-16)28-11-12-31-14-32(28)30;1-3-4-2/h1-10,13H,11-12,14H2,(H,25,27)(H,26,29);3H2,1-2H3. The van der Waals surface area contributed by atoms with Gasteiger partial charge in [0.1, 0.15) is 22.6 Å². The lowest BCUT2D eigenvalue weighted by Crippen LogP contribution is -2.36. The third-order valence-electron chi connectivity index (χ3n) is 5.48. The van der Waals surface area contributed by atoms with Gasteiger partial charge in [0.25, 0.3) is 5.91 Å². The molecule has 36 heavy (non-hydrogen) atoms. The monoisotopic (exact) mass is 526 g/mol. The number of carbonyl (C=O) groups excluding carboxylic acids is 1. The minimum Gasteiger partial charge on any atom is -0.385 e. The first-order chi connectivity index (χ1) is 17.5. The molecule has 5 rings (SSSR count). The van der Waals surface area contributed by atoms with E-state index in [4.69, 9.17) is 16.3 Å². The van der Waals surface area contributed by atoms with Crippen LogP contribution in [0.25, 0.3) is 22.3 Å². The summed E-state index contributed by atoms with van der Waals surface area (Å²) in [5, 5.41) is 4.47. The molecule has 10 heteroatoms. The number of hydrogen-bond acceptors (Lipinski definition) is 5. The third kappa shape index (κ3) is 6.11. The molecule has 0 aliphatic carbocycles. The van der Waals surface area contributed by atoms with Gasteiger partial charge in [0.15, 0.2) is 0 Å². The number of aromatic nitrogens is 2. The molecule has 3 heterocycles. The van der Waals surface area contributed by atoms with E-state index in [1.807, 2.05) is 37.4 Å². The van der Waals surface area contributed by atoms with Gasteiger partial charge in [-0.25, -0.2) is 9.19 Å². The molecule has 4 aromatic rings. The van der Waals surface area contributed by atoms with Crippen LogP contribution in [0.4, 0.5) is 11.4 Å². The molecular weight excluding hydrogens is 500 g/mol. The van der Waals surface area contributed by atoms with Crippen molar-refractivity contribution in [3.8, 4) is 11.3 Å². The van der Waals surface area contributed by atoms with Gasteiger partial charge < -0.3 is 19.8 Å². The predicted octanol–water partition coefficient (Wildman–Crippen LogP) is 5.25. The number of amides is 1. The molecule has 1 aliphatic heterocycles. The molecule has 0 saturated carbocycles. The lowest BCUT2D eigenvalue weighted by atomic mass is 10.1. The largest absolute Gasteiger partial charge is 0.385 e. The Morgan fingerprint density at radius 1 is 1.19 bits per heavy atom. The maximum atomic E-state index is 12.8. The fourth-order valence-electron chi connectivity index (χ4n) is 3.55. The highest BCUT2D eigenvalue weighted by Gasteiger charge is 2.19. The Morgan fingerprint density at radius 2 is 1.97 bits per heavy atom. The van der Waals surface area contributed by atoms with Gasteiger partial charge in [0, 0.05) is 47.8 Å². The fraction of sp³-hybridized carbons (Fsp3) is 0.231. The van der Waals surface area contributed by atoms with E-state index in [9.17, 15) is 9.00 Å². The lowest BCUT2D eigenvalue weighted by molar-refractivity contribution is 0.102. The van der Waals surface area contributed by atoms with Crippen molar-refractivity contribution in [3.05, 3.63) is 77.4 Å². The van der Waals surface area contributed by atoms with Crippen molar-refractivity contribution >= 4 is 50.9 Å². The number of nitrogens with one attached hydrogen (secondary N) is 2. The molecule has 0 bridgehead atoms. The Balaban J connectivity index is 0.000000709. The summed E-state index contributed by atoms with van der Waals surface area (Å²) in [6.07, 6.45) is 1.84. The summed E-state index contributed by atoms with van der Waals surface area (Å²) in [5.74, 6) is -0.0621. The normalized spacial score (nSPS) is 15.3. The second-order valence-corrected chi connectivity index (χ2v) is 9.56. The molecule has 0 spiro atoms. The first-order valence-corrected chi connectivity index (χ1v) is 13.0. The number of pyridine rings is 1. The van der Waals surface area contributed by atoms with Crippen LogP contribution in [0.1, 0.15) is 17.3 Å². The van der Waals surface area contributed by atoms with Crippen LogP contribution in [0.3, 0.4) is 0 Å². The number of carbonyl (C=O) groups is 1. The van der Waals surface area contributed by atoms with Gasteiger partial charge in [-0.15, -0.1) is 0 Å². The molecule has 1 saturated heterocycles. The van der Waals surface area contributed by atoms with Gasteiger partial charge in [-0.05, 0) is 67.6 Å². The van der Waals surface area contributed by atoms with E-state index >= 15 is 0 Å². The second-order valence-electron chi connectivity index (χ2n) is 7.83. The number of anilines is 2. The SMILES string of the molecule is CCOC.O=C(Nc1ccc(Cl)c(-c2ccc3cc[nH]c3n2)c1)c1ccc(N2CCOCS2=O)cc1. The first-order valence-electron chi connectivity index (χ1n) is 11.4. The zero-order valence-corrected chi connectivity index (χ0v) is 21.6. The van der Waals surface area contributed by atoms with Crippen molar-refractivity contribution in [2.45, 2.75) is 6.92 Å². The number of halogens is 1. The van der Waals surface area contributed by atoms with Crippen LogP contribution in [0.5, 0.6) is 0 Å². The van der Waals surface area contributed by atoms with Crippen molar-refractivity contribution in [2.24, 2.45) is 0 Å². The smallest absolute Gasteiger partial charge is 0.255 e. The number of ether oxygens (including phenoxy) is 2. The van der Waals surface area contributed by atoms with Gasteiger partial charge in [-0.3, -0.25) is 9.10 Å². The van der Waals surface area contributed by atoms with Crippen LogP contribution in [0.2, 0.25) is 5.02 Å². The number of H-pyrrole nitrogens is 1. The zero-order valence-electron chi connectivity index (χ0n) is 20.0.